The van der Waals surface area contributed by atoms with Crippen LogP contribution in [0.3, 0.4) is 0 Å². The molecule has 7 nitrogen and oxygen atoms in total. The monoisotopic (exact) mass is 352 g/mol. The van der Waals surface area contributed by atoms with Crippen LogP contribution in [0, 0.1) is 6.92 Å². The molecule has 1 aliphatic rings. The molecule has 4 heterocycles. The number of hydrogen-bond donors (Lipinski definition) is 1. The molecule has 0 amide bonds. The minimum Gasteiger partial charge on any atom is -0.356 e. The van der Waals surface area contributed by atoms with E-state index < -0.39 is 0 Å². The van der Waals surface area contributed by atoms with Gasteiger partial charge in [0, 0.05) is 42.9 Å². The van der Waals surface area contributed by atoms with Crippen molar-refractivity contribution >= 4 is 11.5 Å². The van der Waals surface area contributed by atoms with Crippen LogP contribution in [0.1, 0.15) is 49.3 Å². The van der Waals surface area contributed by atoms with Gasteiger partial charge in [0.25, 0.3) is 5.56 Å². The molecule has 0 aromatic carbocycles. The van der Waals surface area contributed by atoms with Crippen LogP contribution in [0.4, 0.5) is 5.82 Å². The first kappa shape index (κ1) is 16.8. The highest BCUT2D eigenvalue weighted by Gasteiger charge is 2.25. The fraction of sp³-hybridized carbons (Fsp3) is 0.474. The van der Waals surface area contributed by atoms with E-state index >= 15 is 0 Å². The van der Waals surface area contributed by atoms with E-state index in [1.54, 1.807) is 12.3 Å². The van der Waals surface area contributed by atoms with Crippen LogP contribution in [0.25, 0.3) is 5.65 Å². The minimum absolute atomic E-state index is 0.0757. The predicted octanol–water partition coefficient (Wildman–Crippen LogP) is 2.46. The van der Waals surface area contributed by atoms with E-state index in [1.165, 1.54) is 0 Å². The lowest BCUT2D eigenvalue weighted by Crippen LogP contribution is -2.36. The maximum atomic E-state index is 11.8. The Kier molecular flexibility index (Phi) is 4.44. The normalized spacial score (nSPS) is 17.8. The number of rotatable bonds is 4. The zero-order valence-electron chi connectivity index (χ0n) is 15.3. The van der Waals surface area contributed by atoms with E-state index in [1.807, 2.05) is 17.5 Å². The highest BCUT2D eigenvalue weighted by molar-refractivity contribution is 5.51. The molecular weight excluding hydrogens is 328 g/mol. The first-order valence-electron chi connectivity index (χ1n) is 9.30. The largest absolute Gasteiger partial charge is 0.356 e. The summed E-state index contributed by atoms with van der Waals surface area (Å²) in [5, 5.41) is 4.46. The van der Waals surface area contributed by atoms with Crippen LogP contribution < -0.4 is 10.5 Å². The number of aromatic amines is 1. The van der Waals surface area contributed by atoms with Crippen LogP contribution >= 0.6 is 0 Å². The molecule has 4 rings (SSSR count). The number of nitrogens with one attached hydrogen (secondary N) is 1. The summed E-state index contributed by atoms with van der Waals surface area (Å²) in [6.45, 7) is 5.81. The third-order valence-electron chi connectivity index (χ3n) is 4.94. The van der Waals surface area contributed by atoms with Crippen molar-refractivity contribution in [3.8, 4) is 0 Å². The van der Waals surface area contributed by atoms with Crippen LogP contribution in [-0.4, -0.2) is 37.7 Å². The molecule has 26 heavy (non-hydrogen) atoms. The van der Waals surface area contributed by atoms with Gasteiger partial charge < -0.3 is 9.88 Å². The summed E-state index contributed by atoms with van der Waals surface area (Å²) in [6, 6.07) is 5.74. The SMILES string of the molecule is CCCc1cc(N2CCCC(c3cc(=O)[nH]c(C)n3)C2)n2nccc2n1. The Labute approximate surface area is 152 Å². The second-order valence-electron chi connectivity index (χ2n) is 7.00. The summed E-state index contributed by atoms with van der Waals surface area (Å²) in [5.74, 6) is 2.00. The number of anilines is 1. The van der Waals surface area contributed by atoms with Gasteiger partial charge in [-0.05, 0) is 26.2 Å². The summed E-state index contributed by atoms with van der Waals surface area (Å²) in [4.78, 5) is 26.2. The average Bonchev–Trinajstić information content (AvgIpc) is 3.09. The zero-order valence-corrected chi connectivity index (χ0v) is 15.3. The Morgan fingerprint density at radius 3 is 3.00 bits per heavy atom. The van der Waals surface area contributed by atoms with Crippen molar-refractivity contribution in [1.29, 1.82) is 0 Å². The zero-order chi connectivity index (χ0) is 18.1. The average molecular weight is 352 g/mol. The van der Waals surface area contributed by atoms with Gasteiger partial charge in [-0.3, -0.25) is 4.79 Å². The van der Waals surface area contributed by atoms with Crippen molar-refractivity contribution in [2.75, 3.05) is 18.0 Å². The number of nitrogens with zero attached hydrogens (tertiary/aromatic N) is 5. The van der Waals surface area contributed by atoms with E-state index in [2.05, 4.69) is 33.0 Å². The second kappa shape index (κ2) is 6.90. The Balaban J connectivity index is 1.68. The molecule has 1 N–H and O–H groups in total. The Morgan fingerprint density at radius 2 is 2.19 bits per heavy atom. The van der Waals surface area contributed by atoms with Gasteiger partial charge in [0.2, 0.25) is 0 Å². The maximum Gasteiger partial charge on any atom is 0.251 e. The highest BCUT2D eigenvalue weighted by atomic mass is 16.1. The first-order chi connectivity index (χ1) is 12.6. The van der Waals surface area contributed by atoms with Gasteiger partial charge in [0.15, 0.2) is 5.65 Å². The molecule has 1 unspecified atom stereocenters. The standard InChI is InChI=1S/C19H24N6O/c1-3-5-15-10-19(25-17(23-15)7-8-20-25)24-9-4-6-14(12-24)16-11-18(26)22-13(2)21-16/h7-8,10-11,14H,3-6,9,12H2,1-2H3,(H,21,22,26). The predicted molar refractivity (Wildman–Crippen MR) is 101 cm³/mol. The third-order valence-corrected chi connectivity index (χ3v) is 4.94. The molecule has 0 aliphatic carbocycles. The van der Waals surface area contributed by atoms with Gasteiger partial charge in [-0.15, -0.1) is 0 Å². The van der Waals surface area contributed by atoms with E-state index in [-0.39, 0.29) is 11.5 Å². The van der Waals surface area contributed by atoms with Crippen LogP contribution in [0.2, 0.25) is 0 Å². The summed E-state index contributed by atoms with van der Waals surface area (Å²) >= 11 is 0. The molecule has 0 bridgehead atoms. The maximum absolute atomic E-state index is 11.8. The number of aromatic nitrogens is 5. The lowest BCUT2D eigenvalue weighted by Gasteiger charge is -2.34. The van der Waals surface area contributed by atoms with E-state index in [4.69, 9.17) is 4.98 Å². The molecule has 1 fully saturated rings. The Bertz CT molecular complexity index is 976. The summed E-state index contributed by atoms with van der Waals surface area (Å²) in [5.41, 5.74) is 2.80. The smallest absolute Gasteiger partial charge is 0.251 e. The number of fused-ring (bicyclic) bond motifs is 1. The number of hydrogen-bond acceptors (Lipinski definition) is 5. The van der Waals surface area contributed by atoms with Gasteiger partial charge in [0.05, 0.1) is 11.9 Å². The first-order valence-corrected chi connectivity index (χ1v) is 9.30. The van der Waals surface area contributed by atoms with Crippen molar-refractivity contribution in [3.05, 3.63) is 52.0 Å². The lowest BCUT2D eigenvalue weighted by atomic mass is 9.94. The second-order valence-corrected chi connectivity index (χ2v) is 7.00. The molecule has 0 spiro atoms. The van der Waals surface area contributed by atoms with Crippen molar-refractivity contribution in [2.24, 2.45) is 0 Å². The van der Waals surface area contributed by atoms with Gasteiger partial charge in [0.1, 0.15) is 11.6 Å². The molecular formula is C19H24N6O. The van der Waals surface area contributed by atoms with Crippen molar-refractivity contribution in [1.82, 2.24) is 24.6 Å². The lowest BCUT2D eigenvalue weighted by molar-refractivity contribution is 0.493. The number of H-pyrrole nitrogens is 1. The van der Waals surface area contributed by atoms with Gasteiger partial charge in [-0.2, -0.15) is 9.61 Å². The molecule has 1 aliphatic heterocycles. The molecule has 136 valence electrons. The molecule has 0 radical (unpaired) electrons. The molecule has 7 heteroatoms. The van der Waals surface area contributed by atoms with Crippen molar-refractivity contribution in [3.63, 3.8) is 0 Å². The fourth-order valence-electron chi connectivity index (χ4n) is 3.79. The number of aryl methyl sites for hydroxylation is 2. The van der Waals surface area contributed by atoms with E-state index in [0.29, 0.717) is 5.82 Å². The fourth-order valence-corrected chi connectivity index (χ4v) is 3.79. The van der Waals surface area contributed by atoms with E-state index in [0.717, 1.165) is 61.6 Å². The quantitative estimate of drug-likeness (QED) is 0.780. The topological polar surface area (TPSA) is 79.2 Å². The number of piperidine rings is 1. The van der Waals surface area contributed by atoms with Crippen molar-refractivity contribution in [2.45, 2.75) is 45.4 Å². The molecule has 0 saturated carbocycles. The molecule has 3 aromatic heterocycles. The molecule has 1 saturated heterocycles. The molecule has 1 atom stereocenters. The minimum atomic E-state index is -0.0757. The van der Waals surface area contributed by atoms with Crippen molar-refractivity contribution < 1.29 is 0 Å². The van der Waals surface area contributed by atoms with Gasteiger partial charge >= 0.3 is 0 Å². The Hall–Kier alpha value is -2.70. The van der Waals surface area contributed by atoms with E-state index in [9.17, 15) is 4.79 Å². The van der Waals surface area contributed by atoms with Crippen LogP contribution in [-0.2, 0) is 6.42 Å². The van der Waals surface area contributed by atoms with Gasteiger partial charge in [-0.1, -0.05) is 13.3 Å². The van der Waals surface area contributed by atoms with Gasteiger partial charge in [-0.25, -0.2) is 9.97 Å². The van der Waals surface area contributed by atoms with Crippen LogP contribution in [0.5, 0.6) is 0 Å². The third kappa shape index (κ3) is 3.21. The Morgan fingerprint density at radius 1 is 1.31 bits per heavy atom. The summed E-state index contributed by atoms with van der Waals surface area (Å²) in [6.07, 6.45) is 5.93. The molecule has 3 aromatic rings. The van der Waals surface area contributed by atoms with Crippen LogP contribution in [0.15, 0.2) is 29.2 Å². The summed E-state index contributed by atoms with van der Waals surface area (Å²) in [7, 11) is 0. The highest BCUT2D eigenvalue weighted by Crippen LogP contribution is 2.29. The summed E-state index contributed by atoms with van der Waals surface area (Å²) < 4.78 is 1.91.